The second-order valence-electron chi connectivity index (χ2n) is 3.77. The summed E-state index contributed by atoms with van der Waals surface area (Å²) in [5, 5.41) is 8.79. The number of ether oxygens (including phenoxy) is 1. The van der Waals surface area contributed by atoms with Gasteiger partial charge in [-0.15, -0.1) is 0 Å². The van der Waals surface area contributed by atoms with E-state index < -0.39 is 0 Å². The van der Waals surface area contributed by atoms with Crippen LogP contribution in [0.25, 0.3) is 0 Å². The molecular weight excluding hydrogens is 268 g/mol. The van der Waals surface area contributed by atoms with Crippen LogP contribution >= 0.6 is 15.9 Å². The SMILES string of the molecule is N#CCN1CCOCC1c1ccc(Br)cc1. The number of rotatable bonds is 2. The third-order valence-corrected chi connectivity index (χ3v) is 3.30. The Morgan fingerprint density at radius 3 is 2.88 bits per heavy atom. The van der Waals surface area contributed by atoms with Crippen molar-refractivity contribution in [1.29, 1.82) is 5.26 Å². The maximum atomic E-state index is 8.79. The van der Waals surface area contributed by atoms with Crippen LogP contribution in [0.1, 0.15) is 11.6 Å². The number of hydrogen-bond acceptors (Lipinski definition) is 3. The summed E-state index contributed by atoms with van der Waals surface area (Å²) in [4.78, 5) is 2.16. The average molecular weight is 281 g/mol. The summed E-state index contributed by atoms with van der Waals surface area (Å²) in [5.74, 6) is 0. The molecule has 0 bridgehead atoms. The molecule has 0 saturated carbocycles. The molecule has 16 heavy (non-hydrogen) atoms. The van der Waals surface area contributed by atoms with Crippen LogP contribution in [-0.4, -0.2) is 31.2 Å². The zero-order valence-electron chi connectivity index (χ0n) is 8.90. The Bertz CT molecular complexity index is 385. The summed E-state index contributed by atoms with van der Waals surface area (Å²) in [6.45, 7) is 2.68. The molecule has 1 aromatic carbocycles. The minimum Gasteiger partial charge on any atom is -0.378 e. The van der Waals surface area contributed by atoms with Gasteiger partial charge in [0.1, 0.15) is 0 Å². The molecule has 2 rings (SSSR count). The Kier molecular flexibility index (Phi) is 3.94. The van der Waals surface area contributed by atoms with Gasteiger partial charge in [0.05, 0.1) is 31.9 Å². The van der Waals surface area contributed by atoms with E-state index in [0.717, 1.165) is 11.0 Å². The molecule has 1 fully saturated rings. The van der Waals surface area contributed by atoms with Crippen molar-refractivity contribution in [3.05, 3.63) is 34.3 Å². The Labute approximate surface area is 104 Å². The molecule has 0 aromatic heterocycles. The quantitative estimate of drug-likeness (QED) is 0.781. The van der Waals surface area contributed by atoms with Crippen LogP contribution in [0.4, 0.5) is 0 Å². The van der Waals surface area contributed by atoms with Crippen molar-refractivity contribution in [2.45, 2.75) is 6.04 Å². The highest BCUT2D eigenvalue weighted by Crippen LogP contribution is 2.24. The highest BCUT2D eigenvalue weighted by atomic mass is 79.9. The van der Waals surface area contributed by atoms with E-state index in [1.165, 1.54) is 5.56 Å². The Hall–Kier alpha value is -0.890. The van der Waals surface area contributed by atoms with E-state index in [1.807, 2.05) is 12.1 Å². The van der Waals surface area contributed by atoms with Gasteiger partial charge in [0.2, 0.25) is 0 Å². The van der Waals surface area contributed by atoms with Crippen molar-refractivity contribution in [2.75, 3.05) is 26.3 Å². The zero-order valence-corrected chi connectivity index (χ0v) is 10.5. The smallest absolute Gasteiger partial charge is 0.0872 e. The van der Waals surface area contributed by atoms with Crippen LogP contribution in [0.3, 0.4) is 0 Å². The lowest BCUT2D eigenvalue weighted by Crippen LogP contribution is -2.39. The second-order valence-corrected chi connectivity index (χ2v) is 4.69. The lowest BCUT2D eigenvalue weighted by molar-refractivity contribution is -0.00179. The zero-order chi connectivity index (χ0) is 11.4. The highest BCUT2D eigenvalue weighted by molar-refractivity contribution is 9.10. The molecule has 1 aliphatic heterocycles. The molecule has 84 valence electrons. The summed E-state index contributed by atoms with van der Waals surface area (Å²) >= 11 is 3.42. The fourth-order valence-corrected chi connectivity index (χ4v) is 2.17. The first kappa shape index (κ1) is 11.6. The summed E-state index contributed by atoms with van der Waals surface area (Å²) in [5.41, 5.74) is 1.21. The first-order valence-corrected chi connectivity index (χ1v) is 6.05. The van der Waals surface area contributed by atoms with Crippen LogP contribution in [0.15, 0.2) is 28.7 Å². The second kappa shape index (κ2) is 5.44. The number of nitrogens with zero attached hydrogens (tertiary/aromatic N) is 2. The fourth-order valence-electron chi connectivity index (χ4n) is 1.91. The molecule has 0 spiro atoms. The molecule has 1 aliphatic rings. The van der Waals surface area contributed by atoms with Crippen molar-refractivity contribution in [1.82, 2.24) is 4.90 Å². The Balaban J connectivity index is 2.16. The average Bonchev–Trinajstić information content (AvgIpc) is 2.32. The van der Waals surface area contributed by atoms with Crippen molar-refractivity contribution < 1.29 is 4.74 Å². The number of morpholine rings is 1. The first-order chi connectivity index (χ1) is 7.81. The van der Waals surface area contributed by atoms with E-state index >= 15 is 0 Å². The predicted octanol–water partition coefficient (Wildman–Crippen LogP) is 2.35. The molecule has 0 radical (unpaired) electrons. The van der Waals surface area contributed by atoms with Gasteiger partial charge in [-0.05, 0) is 17.7 Å². The van der Waals surface area contributed by atoms with Gasteiger partial charge < -0.3 is 4.74 Å². The molecule has 0 aliphatic carbocycles. The normalized spacial score (nSPS) is 21.6. The Morgan fingerprint density at radius 2 is 2.19 bits per heavy atom. The highest BCUT2D eigenvalue weighted by Gasteiger charge is 2.23. The molecule has 4 heteroatoms. The third kappa shape index (κ3) is 2.62. The summed E-state index contributed by atoms with van der Waals surface area (Å²) < 4.78 is 6.55. The molecular formula is C12H13BrN2O. The summed E-state index contributed by atoms with van der Waals surface area (Å²) in [6.07, 6.45) is 0. The van der Waals surface area contributed by atoms with Crippen LogP contribution in [0, 0.1) is 11.3 Å². The summed E-state index contributed by atoms with van der Waals surface area (Å²) in [6, 6.07) is 10.6. The van der Waals surface area contributed by atoms with E-state index in [2.05, 4.69) is 39.0 Å². The lowest BCUT2D eigenvalue weighted by Gasteiger charge is -2.34. The molecule has 0 N–H and O–H groups in total. The van der Waals surface area contributed by atoms with Gasteiger partial charge in [0.15, 0.2) is 0 Å². The van der Waals surface area contributed by atoms with Gasteiger partial charge >= 0.3 is 0 Å². The minimum absolute atomic E-state index is 0.210. The maximum absolute atomic E-state index is 8.79. The third-order valence-electron chi connectivity index (χ3n) is 2.77. The van der Waals surface area contributed by atoms with Crippen molar-refractivity contribution in [2.24, 2.45) is 0 Å². The van der Waals surface area contributed by atoms with Gasteiger partial charge in [0, 0.05) is 11.0 Å². The topological polar surface area (TPSA) is 36.3 Å². The van der Waals surface area contributed by atoms with E-state index in [-0.39, 0.29) is 6.04 Å². The van der Waals surface area contributed by atoms with Gasteiger partial charge in [-0.2, -0.15) is 5.26 Å². The van der Waals surface area contributed by atoms with E-state index in [4.69, 9.17) is 10.00 Å². The standard InChI is InChI=1S/C12H13BrN2O/c13-11-3-1-10(2-4-11)12-9-16-8-7-15(12)6-5-14/h1-4,12H,6-9H2. The van der Waals surface area contributed by atoms with Crippen molar-refractivity contribution >= 4 is 15.9 Å². The largest absolute Gasteiger partial charge is 0.378 e. The van der Waals surface area contributed by atoms with Crippen molar-refractivity contribution in [3.63, 3.8) is 0 Å². The summed E-state index contributed by atoms with van der Waals surface area (Å²) in [7, 11) is 0. The minimum atomic E-state index is 0.210. The first-order valence-electron chi connectivity index (χ1n) is 5.25. The lowest BCUT2D eigenvalue weighted by atomic mass is 10.1. The van der Waals surface area contributed by atoms with Crippen molar-refractivity contribution in [3.8, 4) is 6.07 Å². The van der Waals surface area contributed by atoms with Gasteiger partial charge in [0.25, 0.3) is 0 Å². The molecule has 3 nitrogen and oxygen atoms in total. The van der Waals surface area contributed by atoms with E-state index in [9.17, 15) is 0 Å². The van der Waals surface area contributed by atoms with Gasteiger partial charge in [-0.1, -0.05) is 28.1 Å². The van der Waals surface area contributed by atoms with Crippen LogP contribution in [0.5, 0.6) is 0 Å². The Morgan fingerprint density at radius 1 is 1.44 bits per heavy atom. The molecule has 1 unspecified atom stereocenters. The molecule has 1 aromatic rings. The molecule has 0 amide bonds. The van der Waals surface area contributed by atoms with Gasteiger partial charge in [-0.3, -0.25) is 4.90 Å². The van der Waals surface area contributed by atoms with Crippen LogP contribution in [0.2, 0.25) is 0 Å². The molecule has 1 heterocycles. The monoisotopic (exact) mass is 280 g/mol. The fraction of sp³-hybridized carbons (Fsp3) is 0.417. The number of nitriles is 1. The van der Waals surface area contributed by atoms with Gasteiger partial charge in [-0.25, -0.2) is 0 Å². The van der Waals surface area contributed by atoms with Crippen LogP contribution in [-0.2, 0) is 4.74 Å². The van der Waals surface area contributed by atoms with E-state index in [1.54, 1.807) is 0 Å². The number of halogens is 1. The number of hydrogen-bond donors (Lipinski definition) is 0. The maximum Gasteiger partial charge on any atom is 0.0872 e. The number of benzene rings is 1. The molecule has 1 saturated heterocycles. The van der Waals surface area contributed by atoms with E-state index in [0.29, 0.717) is 19.8 Å². The molecule has 1 atom stereocenters. The van der Waals surface area contributed by atoms with Crippen LogP contribution < -0.4 is 0 Å². The predicted molar refractivity (Wildman–Crippen MR) is 64.9 cm³/mol.